The van der Waals surface area contributed by atoms with Crippen molar-refractivity contribution in [2.24, 2.45) is 5.92 Å². The molecular formula is C16H29N. The summed E-state index contributed by atoms with van der Waals surface area (Å²) >= 11 is 0. The average Bonchev–Trinajstić information content (AvgIpc) is 2.39. The van der Waals surface area contributed by atoms with Crippen LogP contribution in [0.3, 0.4) is 0 Å². The van der Waals surface area contributed by atoms with Gasteiger partial charge in [0.15, 0.2) is 0 Å². The van der Waals surface area contributed by atoms with Crippen LogP contribution < -0.4 is 0 Å². The van der Waals surface area contributed by atoms with Crippen LogP contribution >= 0.6 is 0 Å². The van der Waals surface area contributed by atoms with Crippen molar-refractivity contribution < 1.29 is 0 Å². The van der Waals surface area contributed by atoms with Gasteiger partial charge in [0.25, 0.3) is 0 Å². The topological polar surface area (TPSA) is 3.24 Å². The predicted octanol–water partition coefficient (Wildman–Crippen LogP) is 4.76. The van der Waals surface area contributed by atoms with Crippen LogP contribution in [0.4, 0.5) is 0 Å². The fourth-order valence-corrected chi connectivity index (χ4v) is 2.71. The quantitative estimate of drug-likeness (QED) is 0.474. The van der Waals surface area contributed by atoms with Crippen LogP contribution in [0, 0.1) is 5.92 Å². The van der Waals surface area contributed by atoms with Crippen LogP contribution in [0.2, 0.25) is 0 Å². The minimum Gasteiger partial charge on any atom is -0.370 e. The van der Waals surface area contributed by atoms with Gasteiger partial charge in [-0.05, 0) is 52.4 Å². The largest absolute Gasteiger partial charge is 0.370 e. The second-order valence-corrected chi connectivity index (χ2v) is 6.24. The Labute approximate surface area is 108 Å². The molecule has 0 aromatic rings. The zero-order valence-corrected chi connectivity index (χ0v) is 12.2. The number of hydrogen-bond acceptors (Lipinski definition) is 1. The monoisotopic (exact) mass is 235 g/mol. The molecule has 0 amide bonds. The van der Waals surface area contributed by atoms with Crippen molar-refractivity contribution in [2.45, 2.75) is 65.3 Å². The van der Waals surface area contributed by atoms with Crippen LogP contribution in [-0.2, 0) is 0 Å². The number of likely N-dealkylation sites (tertiary alicyclic amines) is 1. The Morgan fingerprint density at radius 2 is 2.00 bits per heavy atom. The summed E-state index contributed by atoms with van der Waals surface area (Å²) in [5, 5.41) is 0. The lowest BCUT2D eigenvalue weighted by atomic mass is 9.90. The predicted molar refractivity (Wildman–Crippen MR) is 77.0 cm³/mol. The highest BCUT2D eigenvalue weighted by atomic mass is 15.2. The molecule has 1 nitrogen and oxygen atoms in total. The molecule has 0 bridgehead atoms. The minimum absolute atomic E-state index is 0.297. The number of nitrogens with zero attached hydrogens (tertiary/aromatic N) is 1. The third-order valence-electron chi connectivity index (χ3n) is 4.31. The number of allylic oxidation sites excluding steroid dienone is 2. The third kappa shape index (κ3) is 3.62. The van der Waals surface area contributed by atoms with Crippen LogP contribution in [-0.4, -0.2) is 17.0 Å². The van der Waals surface area contributed by atoms with Crippen molar-refractivity contribution >= 4 is 0 Å². The van der Waals surface area contributed by atoms with Crippen LogP contribution in [0.25, 0.3) is 0 Å². The van der Waals surface area contributed by atoms with E-state index in [9.17, 15) is 0 Å². The van der Waals surface area contributed by atoms with E-state index in [2.05, 4.69) is 45.8 Å². The molecule has 17 heavy (non-hydrogen) atoms. The van der Waals surface area contributed by atoms with E-state index in [1.54, 1.807) is 0 Å². The number of rotatable bonds is 6. The van der Waals surface area contributed by atoms with E-state index in [1.807, 2.05) is 0 Å². The standard InChI is InChI=1S/C16H29N/c1-13(2)10-8-7-9-11-17-15(4)12-14(3)16(17,5)6/h14H,1,4,7-12H2,2-3,5-6H3. The van der Waals surface area contributed by atoms with Gasteiger partial charge in [-0.1, -0.05) is 25.5 Å². The zero-order chi connectivity index (χ0) is 13.1. The van der Waals surface area contributed by atoms with Gasteiger partial charge >= 0.3 is 0 Å². The molecule has 1 aliphatic heterocycles. The van der Waals surface area contributed by atoms with E-state index >= 15 is 0 Å². The Balaban J connectivity index is 2.31. The van der Waals surface area contributed by atoms with Crippen molar-refractivity contribution in [2.75, 3.05) is 6.54 Å². The Morgan fingerprint density at radius 1 is 1.35 bits per heavy atom. The molecule has 1 atom stereocenters. The lowest BCUT2D eigenvalue weighted by molar-refractivity contribution is 0.164. The molecule has 1 rings (SSSR count). The Hall–Kier alpha value is -0.720. The van der Waals surface area contributed by atoms with Gasteiger partial charge in [-0.15, -0.1) is 6.58 Å². The highest BCUT2D eigenvalue weighted by Gasteiger charge is 2.39. The molecule has 1 saturated heterocycles. The van der Waals surface area contributed by atoms with Crippen LogP contribution in [0.1, 0.15) is 59.8 Å². The summed E-state index contributed by atoms with van der Waals surface area (Å²) in [6.45, 7) is 18.5. The summed E-state index contributed by atoms with van der Waals surface area (Å²) in [5.74, 6) is 0.727. The summed E-state index contributed by atoms with van der Waals surface area (Å²) in [5.41, 5.74) is 2.94. The van der Waals surface area contributed by atoms with Crippen molar-refractivity contribution in [1.29, 1.82) is 0 Å². The maximum atomic E-state index is 4.22. The first-order valence-corrected chi connectivity index (χ1v) is 6.95. The lowest BCUT2D eigenvalue weighted by Gasteiger charge is -2.36. The molecule has 1 fully saturated rings. The first kappa shape index (κ1) is 14.3. The van der Waals surface area contributed by atoms with Crippen molar-refractivity contribution in [3.8, 4) is 0 Å². The first-order chi connectivity index (χ1) is 7.85. The molecule has 0 spiro atoms. The van der Waals surface area contributed by atoms with Crippen LogP contribution in [0.15, 0.2) is 24.4 Å². The highest BCUT2D eigenvalue weighted by molar-refractivity contribution is 5.11. The molecule has 0 aliphatic carbocycles. The minimum atomic E-state index is 0.297. The maximum Gasteiger partial charge on any atom is 0.0372 e. The third-order valence-corrected chi connectivity index (χ3v) is 4.31. The molecular weight excluding hydrogens is 206 g/mol. The maximum absolute atomic E-state index is 4.22. The summed E-state index contributed by atoms with van der Waals surface area (Å²) in [7, 11) is 0. The van der Waals surface area contributed by atoms with Gasteiger partial charge < -0.3 is 4.90 Å². The second-order valence-electron chi connectivity index (χ2n) is 6.24. The van der Waals surface area contributed by atoms with Gasteiger partial charge in [0.2, 0.25) is 0 Å². The molecule has 0 aromatic carbocycles. The molecule has 0 radical (unpaired) electrons. The first-order valence-electron chi connectivity index (χ1n) is 6.95. The SMILES string of the molecule is C=C(C)CCCCCN1C(=C)CC(C)C1(C)C. The van der Waals surface area contributed by atoms with E-state index in [-0.39, 0.29) is 0 Å². The summed E-state index contributed by atoms with van der Waals surface area (Å²) in [6.07, 6.45) is 6.22. The number of hydrogen-bond donors (Lipinski definition) is 0. The van der Waals surface area contributed by atoms with Crippen LogP contribution in [0.5, 0.6) is 0 Å². The van der Waals surface area contributed by atoms with E-state index in [0.29, 0.717) is 5.54 Å². The fourth-order valence-electron chi connectivity index (χ4n) is 2.71. The van der Waals surface area contributed by atoms with Gasteiger partial charge in [0.05, 0.1) is 0 Å². The number of unbranched alkanes of at least 4 members (excludes halogenated alkanes) is 2. The Kier molecular flexibility index (Phi) is 4.85. The fraction of sp³-hybridized carbons (Fsp3) is 0.750. The lowest BCUT2D eigenvalue weighted by Crippen LogP contribution is -2.41. The molecule has 1 heteroatoms. The van der Waals surface area contributed by atoms with Crippen molar-refractivity contribution in [1.82, 2.24) is 4.90 Å². The molecule has 1 unspecified atom stereocenters. The molecule has 0 saturated carbocycles. The molecule has 0 N–H and O–H groups in total. The summed E-state index contributed by atoms with van der Waals surface area (Å²) in [6, 6.07) is 0. The molecule has 1 heterocycles. The average molecular weight is 235 g/mol. The van der Waals surface area contributed by atoms with E-state index in [1.165, 1.54) is 49.9 Å². The molecule has 0 aromatic heterocycles. The molecule has 98 valence electrons. The van der Waals surface area contributed by atoms with Gasteiger partial charge in [-0.3, -0.25) is 0 Å². The van der Waals surface area contributed by atoms with Gasteiger partial charge in [0.1, 0.15) is 0 Å². The van der Waals surface area contributed by atoms with E-state index < -0.39 is 0 Å². The van der Waals surface area contributed by atoms with Gasteiger partial charge in [-0.2, -0.15) is 0 Å². The summed E-state index contributed by atoms with van der Waals surface area (Å²) < 4.78 is 0. The molecule has 1 aliphatic rings. The zero-order valence-electron chi connectivity index (χ0n) is 12.2. The normalized spacial score (nSPS) is 23.2. The van der Waals surface area contributed by atoms with Crippen molar-refractivity contribution in [3.63, 3.8) is 0 Å². The van der Waals surface area contributed by atoms with Gasteiger partial charge in [0, 0.05) is 17.8 Å². The smallest absolute Gasteiger partial charge is 0.0372 e. The van der Waals surface area contributed by atoms with Gasteiger partial charge in [-0.25, -0.2) is 0 Å². The Morgan fingerprint density at radius 3 is 2.47 bits per heavy atom. The summed E-state index contributed by atoms with van der Waals surface area (Å²) in [4.78, 5) is 2.53. The van der Waals surface area contributed by atoms with E-state index in [4.69, 9.17) is 0 Å². The second kappa shape index (κ2) is 5.75. The highest BCUT2D eigenvalue weighted by Crippen LogP contribution is 2.39. The van der Waals surface area contributed by atoms with E-state index in [0.717, 1.165) is 5.92 Å². The Bertz CT molecular complexity index is 288. The van der Waals surface area contributed by atoms with Crippen molar-refractivity contribution in [3.05, 3.63) is 24.4 Å².